The molecule has 0 heterocycles. The Balaban J connectivity index is 1.68. The van der Waals surface area contributed by atoms with Crippen LogP contribution in [0.1, 0.15) is 70.9 Å². The molecule has 1 aliphatic carbocycles. The van der Waals surface area contributed by atoms with E-state index in [2.05, 4.69) is 26.6 Å². The van der Waals surface area contributed by atoms with Crippen LogP contribution in [0.25, 0.3) is 11.1 Å². The molecule has 0 saturated carbocycles. The second-order valence-corrected chi connectivity index (χ2v) is 14.4. The first-order valence-corrected chi connectivity index (χ1v) is 18.1. The molecule has 11 N–H and O–H groups in total. The predicted molar refractivity (Wildman–Crippen MR) is 201 cm³/mol. The summed E-state index contributed by atoms with van der Waals surface area (Å²) in [5.74, 6) is -6.39. The maximum atomic E-state index is 13.6. The highest BCUT2D eigenvalue weighted by molar-refractivity contribution is 5.94. The van der Waals surface area contributed by atoms with E-state index in [1.807, 2.05) is 62.4 Å². The van der Waals surface area contributed by atoms with Crippen LogP contribution in [0.2, 0.25) is 0 Å². The normalized spacial score (nSPS) is 15.3. The Labute approximate surface area is 319 Å². The number of hydrogen-bond donors (Lipinski definition) is 9. The number of fused-ring (bicyclic) bond motifs is 3. The average Bonchev–Trinajstić information content (AvgIpc) is 3.43. The minimum absolute atomic E-state index is 0.00163. The van der Waals surface area contributed by atoms with Crippen LogP contribution in [-0.4, -0.2) is 101 Å². The van der Waals surface area contributed by atoms with Gasteiger partial charge >= 0.3 is 12.1 Å². The van der Waals surface area contributed by atoms with Crippen molar-refractivity contribution >= 4 is 41.6 Å². The van der Waals surface area contributed by atoms with Crippen molar-refractivity contribution in [3.8, 4) is 11.1 Å². The van der Waals surface area contributed by atoms with Gasteiger partial charge in [-0.2, -0.15) is 0 Å². The molecule has 0 spiro atoms. The highest BCUT2D eigenvalue weighted by Gasteiger charge is 2.34. The van der Waals surface area contributed by atoms with E-state index in [9.17, 15) is 43.8 Å². The number of carbonyl (C=O) groups excluding carboxylic acids is 6. The summed E-state index contributed by atoms with van der Waals surface area (Å²) in [6.07, 6.45) is -3.38. The van der Waals surface area contributed by atoms with E-state index in [0.29, 0.717) is 0 Å². The van der Waals surface area contributed by atoms with Crippen LogP contribution in [0.4, 0.5) is 4.79 Å². The van der Waals surface area contributed by atoms with Gasteiger partial charge in [0.1, 0.15) is 24.7 Å². The number of carboxylic acids is 1. The molecule has 0 saturated heterocycles. The molecule has 6 atom stereocenters. The number of aliphatic hydroxyl groups excluding tert-OH is 1. The predicted octanol–water partition coefficient (Wildman–Crippen LogP) is 0.225. The summed E-state index contributed by atoms with van der Waals surface area (Å²) in [7, 11) is 0. The zero-order valence-electron chi connectivity index (χ0n) is 31.7. The molecule has 1 aliphatic rings. The summed E-state index contributed by atoms with van der Waals surface area (Å²) in [4.78, 5) is 87.8. The number of amides is 6. The summed E-state index contributed by atoms with van der Waals surface area (Å²) in [5.41, 5.74) is 14.7. The summed E-state index contributed by atoms with van der Waals surface area (Å²) in [6, 6.07) is 9.48. The minimum Gasteiger partial charge on any atom is -0.481 e. The first kappa shape index (κ1) is 43.9. The maximum absolute atomic E-state index is 13.6. The number of nitrogens with one attached hydrogen (secondary N) is 5. The zero-order valence-corrected chi connectivity index (χ0v) is 31.7. The lowest BCUT2D eigenvalue weighted by Crippen LogP contribution is -2.59. The van der Waals surface area contributed by atoms with E-state index in [0.717, 1.165) is 22.3 Å². The first-order valence-electron chi connectivity index (χ1n) is 18.1. The van der Waals surface area contributed by atoms with Crippen LogP contribution in [0.3, 0.4) is 0 Å². The standard InChI is InChI=1S/C38H53N7O10/c1-19(2)14-27(30(46)17-41-28(16-32(48)49)35(51)42-21(5)34(40)50)43-36(52)29(15-31(39)47)44-37(53)33(20(3)4)45-38(54)55-18-26-24-12-8-6-10-22(24)23-11-7-9-13-25(23)26/h6-13,19-21,26-30,33,41,46H,14-18H2,1-5H3,(H2,39,47)(H2,40,50)(H,42,51)(H,43,52)(H,44,53)(H,45,54)(H,48,49)/t21-,27-,28-,29-,30-,33-/m0/s1. The number of aliphatic hydroxyl groups is 1. The fourth-order valence-corrected chi connectivity index (χ4v) is 6.30. The molecule has 2 aromatic rings. The number of aliphatic carboxylic acids is 1. The number of benzene rings is 2. The minimum atomic E-state index is -1.51. The molecule has 6 amide bonds. The van der Waals surface area contributed by atoms with Gasteiger partial charge in [-0.1, -0.05) is 76.2 Å². The molecular formula is C38H53N7O10. The Kier molecular flexibility index (Phi) is 16.1. The van der Waals surface area contributed by atoms with Crippen molar-refractivity contribution < 1.29 is 48.5 Å². The fraction of sp³-hybridized carbons (Fsp3) is 0.500. The van der Waals surface area contributed by atoms with Gasteiger partial charge in [0, 0.05) is 12.5 Å². The van der Waals surface area contributed by atoms with Crippen molar-refractivity contribution in [2.24, 2.45) is 23.3 Å². The Morgan fingerprint density at radius 3 is 1.82 bits per heavy atom. The molecule has 2 aromatic carbocycles. The van der Waals surface area contributed by atoms with Crippen LogP contribution in [0.15, 0.2) is 48.5 Å². The summed E-state index contributed by atoms with van der Waals surface area (Å²) < 4.78 is 5.61. The largest absolute Gasteiger partial charge is 0.481 e. The Hall–Kier alpha value is -5.55. The lowest BCUT2D eigenvalue weighted by atomic mass is 9.97. The Morgan fingerprint density at radius 2 is 1.31 bits per heavy atom. The van der Waals surface area contributed by atoms with Gasteiger partial charge in [-0.25, -0.2) is 4.79 Å². The third-order valence-corrected chi connectivity index (χ3v) is 9.18. The number of carbonyl (C=O) groups is 7. The van der Waals surface area contributed by atoms with Crippen LogP contribution in [0.5, 0.6) is 0 Å². The molecule has 0 aromatic heterocycles. The molecule has 55 heavy (non-hydrogen) atoms. The van der Waals surface area contributed by atoms with E-state index in [1.54, 1.807) is 13.8 Å². The second kappa shape index (κ2) is 20.2. The molecule has 0 unspecified atom stereocenters. The smallest absolute Gasteiger partial charge is 0.407 e. The van der Waals surface area contributed by atoms with Crippen molar-refractivity contribution in [1.29, 1.82) is 0 Å². The van der Waals surface area contributed by atoms with Crippen molar-refractivity contribution in [2.75, 3.05) is 13.2 Å². The number of primary amides is 2. The third kappa shape index (κ3) is 12.8. The van der Waals surface area contributed by atoms with Crippen molar-refractivity contribution in [3.63, 3.8) is 0 Å². The van der Waals surface area contributed by atoms with Gasteiger partial charge in [-0.15, -0.1) is 0 Å². The summed E-state index contributed by atoms with van der Waals surface area (Å²) in [6.45, 7) is 7.93. The van der Waals surface area contributed by atoms with E-state index in [1.165, 1.54) is 6.92 Å². The van der Waals surface area contributed by atoms with Crippen LogP contribution >= 0.6 is 0 Å². The van der Waals surface area contributed by atoms with E-state index < -0.39 is 96.7 Å². The molecule has 17 nitrogen and oxygen atoms in total. The maximum Gasteiger partial charge on any atom is 0.407 e. The number of carboxylic acid groups (broad SMARTS) is 1. The summed E-state index contributed by atoms with van der Waals surface area (Å²) >= 11 is 0. The molecule has 3 rings (SSSR count). The molecule has 0 radical (unpaired) electrons. The number of nitrogens with two attached hydrogens (primary N) is 2. The van der Waals surface area contributed by atoms with E-state index in [4.69, 9.17) is 16.2 Å². The van der Waals surface area contributed by atoms with Crippen LogP contribution < -0.4 is 38.1 Å². The molecule has 0 aliphatic heterocycles. The van der Waals surface area contributed by atoms with Gasteiger partial charge in [0.25, 0.3) is 0 Å². The van der Waals surface area contributed by atoms with Gasteiger partial charge in [-0.05, 0) is 47.4 Å². The second-order valence-electron chi connectivity index (χ2n) is 14.4. The van der Waals surface area contributed by atoms with Crippen molar-refractivity contribution in [1.82, 2.24) is 26.6 Å². The number of alkyl carbamates (subject to hydrolysis) is 1. The lowest BCUT2D eigenvalue weighted by Gasteiger charge is -2.30. The highest BCUT2D eigenvalue weighted by atomic mass is 16.5. The van der Waals surface area contributed by atoms with Gasteiger partial charge in [0.05, 0.1) is 31.0 Å². The number of hydrogen-bond acceptors (Lipinski definition) is 10. The van der Waals surface area contributed by atoms with Gasteiger partial charge in [0.15, 0.2) is 0 Å². The lowest BCUT2D eigenvalue weighted by molar-refractivity contribution is -0.140. The molecule has 0 bridgehead atoms. The Bertz CT molecular complexity index is 1670. The summed E-state index contributed by atoms with van der Waals surface area (Å²) in [5, 5.41) is 33.1. The molecular weight excluding hydrogens is 714 g/mol. The monoisotopic (exact) mass is 767 g/mol. The van der Waals surface area contributed by atoms with Crippen molar-refractivity contribution in [2.45, 2.75) is 96.1 Å². The quantitative estimate of drug-likeness (QED) is 0.0829. The molecule has 0 fully saturated rings. The molecule has 17 heteroatoms. The van der Waals surface area contributed by atoms with Crippen LogP contribution in [0, 0.1) is 11.8 Å². The third-order valence-electron chi connectivity index (χ3n) is 9.18. The topological polar surface area (TPSA) is 281 Å². The first-order chi connectivity index (χ1) is 25.9. The van der Waals surface area contributed by atoms with Gasteiger partial charge in [0.2, 0.25) is 29.5 Å². The number of rotatable bonds is 21. The highest BCUT2D eigenvalue weighted by Crippen LogP contribution is 2.44. The van der Waals surface area contributed by atoms with E-state index in [-0.39, 0.29) is 31.4 Å². The average molecular weight is 768 g/mol. The molecule has 300 valence electrons. The van der Waals surface area contributed by atoms with Gasteiger partial charge in [-0.3, -0.25) is 28.8 Å². The van der Waals surface area contributed by atoms with Crippen LogP contribution in [-0.2, 0) is 33.5 Å². The van der Waals surface area contributed by atoms with Crippen molar-refractivity contribution in [3.05, 3.63) is 59.7 Å². The SMILES string of the molecule is CC(C)C[C@H](NC(=O)[C@H](CC(N)=O)NC(=O)[C@@H](NC(=O)OCC1c2ccccc2-c2ccccc21)C(C)C)[C@@H](O)CN[C@@H](CC(=O)O)C(=O)N[C@@H](C)C(N)=O. The fourth-order valence-electron chi connectivity index (χ4n) is 6.30. The van der Waals surface area contributed by atoms with Gasteiger partial charge < -0.3 is 53.0 Å². The Morgan fingerprint density at radius 1 is 0.745 bits per heavy atom. The number of ether oxygens (including phenoxy) is 1. The van der Waals surface area contributed by atoms with E-state index >= 15 is 0 Å². The zero-order chi connectivity index (χ0) is 41.0.